The van der Waals surface area contributed by atoms with Crippen LogP contribution in [0, 0.1) is 0 Å². The van der Waals surface area contributed by atoms with Crippen LogP contribution in [0.2, 0.25) is 0 Å². The summed E-state index contributed by atoms with van der Waals surface area (Å²) in [6.07, 6.45) is -2.44. The number of hydrogen-bond acceptors (Lipinski definition) is 2. The molecule has 1 heterocycles. The summed E-state index contributed by atoms with van der Waals surface area (Å²) < 4.78 is 17.7. The van der Waals surface area contributed by atoms with Crippen molar-refractivity contribution in [3.05, 3.63) is 0 Å². The number of alkyl halides is 1. The Morgan fingerprint density at radius 2 is 2.30 bits per heavy atom. The first-order valence-corrected chi connectivity index (χ1v) is 3.40. The maximum absolute atomic E-state index is 12.8. The summed E-state index contributed by atoms with van der Waals surface area (Å²) in [5, 5.41) is 8.94. The topological polar surface area (TPSA) is 29.5 Å². The number of hydrogen-bond donors (Lipinski definition) is 1. The van der Waals surface area contributed by atoms with Crippen molar-refractivity contribution in [3.8, 4) is 0 Å². The molecule has 56 valence electrons. The maximum Gasteiger partial charge on any atom is 0.154 e. The molecule has 1 fully saturated rings. The van der Waals surface area contributed by atoms with Crippen molar-refractivity contribution in [1.82, 2.24) is 0 Å². The van der Waals surface area contributed by atoms with E-state index in [0.717, 1.165) is 0 Å². The zero-order valence-electron chi connectivity index (χ0n) is 5.83. The van der Waals surface area contributed by atoms with Crippen LogP contribution < -0.4 is 0 Å². The quantitative estimate of drug-likeness (QED) is 0.524. The molecule has 1 N–H and O–H groups in total. The van der Waals surface area contributed by atoms with Crippen molar-refractivity contribution in [2.24, 2.45) is 0 Å². The Kier molecular flexibility index (Phi) is 2.31. The molecular weight excluding hydrogens is 134 g/mol. The molecule has 0 saturated carbocycles. The van der Waals surface area contributed by atoms with Crippen molar-refractivity contribution in [1.29, 1.82) is 0 Å². The van der Waals surface area contributed by atoms with Gasteiger partial charge in [-0.2, -0.15) is 0 Å². The second-order valence-electron chi connectivity index (χ2n) is 2.48. The molecule has 0 aromatic rings. The Bertz CT molecular complexity index is 122. The van der Waals surface area contributed by atoms with E-state index in [2.05, 4.69) is 0 Å². The van der Waals surface area contributed by atoms with E-state index >= 15 is 0 Å². The minimum absolute atomic E-state index is 0.523. The van der Waals surface area contributed by atoms with Gasteiger partial charge in [-0.05, 0) is 6.42 Å². The molecule has 0 bridgehead atoms. The number of halogens is 1. The van der Waals surface area contributed by atoms with Gasteiger partial charge in [0.2, 0.25) is 0 Å². The fourth-order valence-corrected chi connectivity index (χ4v) is 1.08. The highest BCUT2D eigenvalue weighted by molar-refractivity contribution is 6.11. The van der Waals surface area contributed by atoms with E-state index < -0.39 is 24.4 Å². The standard InChI is InChI=1S/C6H10BFO2/c1-2-3-4(8)5(9)6(7)10-3/h3-6,9H,2H2,1H3/t3-,4+,5?,6-/m1/s1. The highest BCUT2D eigenvalue weighted by Gasteiger charge is 2.39. The summed E-state index contributed by atoms with van der Waals surface area (Å²) >= 11 is 0. The van der Waals surface area contributed by atoms with Gasteiger partial charge in [0.25, 0.3) is 0 Å². The molecule has 0 aromatic heterocycles. The number of aliphatic hydroxyl groups excluding tert-OH is 1. The summed E-state index contributed by atoms with van der Waals surface area (Å²) in [5.41, 5.74) is 0. The smallest absolute Gasteiger partial charge is 0.154 e. The summed E-state index contributed by atoms with van der Waals surface area (Å²) in [5.74, 6) is 0. The molecule has 1 aliphatic rings. The van der Waals surface area contributed by atoms with Gasteiger partial charge in [-0.15, -0.1) is 0 Å². The normalized spacial score (nSPS) is 47.9. The molecule has 4 atom stereocenters. The Morgan fingerprint density at radius 1 is 1.70 bits per heavy atom. The average Bonchev–Trinajstić information content (AvgIpc) is 2.17. The van der Waals surface area contributed by atoms with Crippen LogP contribution in [-0.2, 0) is 4.74 Å². The van der Waals surface area contributed by atoms with Crippen LogP contribution >= 0.6 is 0 Å². The van der Waals surface area contributed by atoms with Gasteiger partial charge in [-0.3, -0.25) is 0 Å². The van der Waals surface area contributed by atoms with Crippen LogP contribution in [0.3, 0.4) is 0 Å². The molecular formula is C6H10BFO2. The van der Waals surface area contributed by atoms with Crippen molar-refractivity contribution < 1.29 is 14.2 Å². The number of ether oxygens (including phenoxy) is 1. The molecule has 2 radical (unpaired) electrons. The molecule has 1 rings (SSSR count). The Labute approximate surface area is 60.8 Å². The summed E-state index contributed by atoms with van der Waals surface area (Å²) in [7, 11) is 5.22. The predicted octanol–water partition coefficient (Wildman–Crippen LogP) is -0.0112. The van der Waals surface area contributed by atoms with E-state index in [1.165, 1.54) is 0 Å². The van der Waals surface area contributed by atoms with Gasteiger partial charge in [0, 0.05) is 6.00 Å². The lowest BCUT2D eigenvalue weighted by atomic mass is 9.93. The molecule has 4 heteroatoms. The van der Waals surface area contributed by atoms with E-state index in [-0.39, 0.29) is 0 Å². The molecule has 2 nitrogen and oxygen atoms in total. The predicted molar refractivity (Wildman–Crippen MR) is 35.6 cm³/mol. The minimum atomic E-state index is -1.32. The van der Waals surface area contributed by atoms with E-state index in [4.69, 9.17) is 17.7 Å². The van der Waals surface area contributed by atoms with Gasteiger partial charge in [-0.25, -0.2) is 4.39 Å². The summed E-state index contributed by atoms with van der Waals surface area (Å²) in [4.78, 5) is 0. The van der Waals surface area contributed by atoms with Crippen LogP contribution in [0.25, 0.3) is 0 Å². The first-order chi connectivity index (χ1) is 4.66. The highest BCUT2D eigenvalue weighted by atomic mass is 19.1. The molecule has 0 amide bonds. The fraction of sp³-hybridized carbons (Fsp3) is 1.00. The van der Waals surface area contributed by atoms with E-state index in [0.29, 0.717) is 6.42 Å². The first-order valence-electron chi connectivity index (χ1n) is 3.40. The van der Waals surface area contributed by atoms with Crippen LogP contribution in [0.1, 0.15) is 13.3 Å². The second-order valence-corrected chi connectivity index (χ2v) is 2.48. The van der Waals surface area contributed by atoms with E-state index in [1.807, 2.05) is 0 Å². The van der Waals surface area contributed by atoms with Gasteiger partial charge in [0.15, 0.2) is 6.17 Å². The monoisotopic (exact) mass is 144 g/mol. The van der Waals surface area contributed by atoms with E-state index in [1.54, 1.807) is 6.92 Å². The van der Waals surface area contributed by atoms with E-state index in [9.17, 15) is 4.39 Å². The first kappa shape index (κ1) is 8.02. The van der Waals surface area contributed by atoms with Gasteiger partial charge < -0.3 is 9.84 Å². The zero-order chi connectivity index (χ0) is 7.72. The van der Waals surface area contributed by atoms with Crippen molar-refractivity contribution >= 4 is 7.85 Å². The molecule has 1 saturated heterocycles. The minimum Gasteiger partial charge on any atom is -0.388 e. The Balaban J connectivity index is 2.53. The molecule has 1 unspecified atom stereocenters. The van der Waals surface area contributed by atoms with Gasteiger partial charge in [0.05, 0.1) is 6.10 Å². The Hall–Kier alpha value is -0.0851. The second kappa shape index (κ2) is 2.88. The average molecular weight is 144 g/mol. The third-order valence-corrected chi connectivity index (χ3v) is 1.75. The SMILES string of the molecule is [B][C@@H]1O[C@H](CC)[C@H](F)C1O. The lowest BCUT2D eigenvalue weighted by Gasteiger charge is -2.08. The largest absolute Gasteiger partial charge is 0.388 e. The van der Waals surface area contributed by atoms with Gasteiger partial charge in [0.1, 0.15) is 14.0 Å². The lowest BCUT2D eigenvalue weighted by Crippen LogP contribution is -2.28. The highest BCUT2D eigenvalue weighted by Crippen LogP contribution is 2.23. The van der Waals surface area contributed by atoms with Crippen LogP contribution in [0.4, 0.5) is 4.39 Å². The van der Waals surface area contributed by atoms with Crippen LogP contribution in [0.15, 0.2) is 0 Å². The van der Waals surface area contributed by atoms with Crippen molar-refractivity contribution in [3.63, 3.8) is 0 Å². The van der Waals surface area contributed by atoms with Gasteiger partial charge >= 0.3 is 0 Å². The van der Waals surface area contributed by atoms with Gasteiger partial charge in [-0.1, -0.05) is 6.92 Å². The molecule has 0 aliphatic carbocycles. The fourth-order valence-electron chi connectivity index (χ4n) is 1.08. The van der Waals surface area contributed by atoms with Crippen LogP contribution in [-0.4, -0.2) is 37.3 Å². The van der Waals surface area contributed by atoms with Crippen LogP contribution in [0.5, 0.6) is 0 Å². The molecule has 0 aromatic carbocycles. The van der Waals surface area contributed by atoms with Crippen molar-refractivity contribution in [2.45, 2.75) is 37.7 Å². The maximum atomic E-state index is 12.8. The molecule has 10 heavy (non-hydrogen) atoms. The summed E-state index contributed by atoms with van der Waals surface area (Å²) in [6, 6.07) is -0.847. The molecule has 1 aliphatic heterocycles. The number of aliphatic hydroxyl groups is 1. The third-order valence-electron chi connectivity index (χ3n) is 1.75. The summed E-state index contributed by atoms with van der Waals surface area (Å²) in [6.45, 7) is 1.79. The Morgan fingerprint density at radius 3 is 2.50 bits per heavy atom. The molecule has 0 spiro atoms. The third kappa shape index (κ3) is 1.18. The lowest BCUT2D eigenvalue weighted by molar-refractivity contribution is 0.0553. The van der Waals surface area contributed by atoms with Crippen molar-refractivity contribution in [2.75, 3.05) is 0 Å². The number of rotatable bonds is 1. The zero-order valence-corrected chi connectivity index (χ0v) is 5.83.